The minimum atomic E-state index is -0.161. The first kappa shape index (κ1) is 17.4. The maximum absolute atomic E-state index is 12.3. The SMILES string of the molecule is O=CN1CCN(c2nccc(C(=O)NCCC3=CCCCC3)n2)CC1. The molecule has 1 aliphatic heterocycles. The van der Waals surface area contributed by atoms with Gasteiger partial charge in [-0.25, -0.2) is 9.97 Å². The van der Waals surface area contributed by atoms with Gasteiger partial charge in [-0.3, -0.25) is 9.59 Å². The quantitative estimate of drug-likeness (QED) is 0.623. The summed E-state index contributed by atoms with van der Waals surface area (Å²) in [6, 6.07) is 1.64. The number of carbonyl (C=O) groups is 2. The zero-order chi connectivity index (χ0) is 17.5. The number of hydrogen-bond acceptors (Lipinski definition) is 5. The van der Waals surface area contributed by atoms with Crippen LogP contribution in [0.4, 0.5) is 5.95 Å². The van der Waals surface area contributed by atoms with E-state index in [-0.39, 0.29) is 5.91 Å². The van der Waals surface area contributed by atoms with Gasteiger partial charge >= 0.3 is 0 Å². The van der Waals surface area contributed by atoms with Crippen molar-refractivity contribution in [3.8, 4) is 0 Å². The molecular weight excluding hydrogens is 318 g/mol. The Hall–Kier alpha value is -2.44. The number of nitrogens with one attached hydrogen (secondary N) is 1. The second-order valence-corrected chi connectivity index (χ2v) is 6.48. The number of amides is 2. The summed E-state index contributed by atoms with van der Waals surface area (Å²) in [7, 11) is 0. The fraction of sp³-hybridized carbons (Fsp3) is 0.556. The van der Waals surface area contributed by atoms with E-state index in [0.29, 0.717) is 44.4 Å². The van der Waals surface area contributed by atoms with Crippen LogP contribution in [-0.2, 0) is 4.79 Å². The molecule has 1 aromatic heterocycles. The molecular formula is C18H25N5O2. The summed E-state index contributed by atoms with van der Waals surface area (Å²) >= 11 is 0. The Kier molecular flexibility index (Phi) is 5.98. The lowest BCUT2D eigenvalue weighted by atomic mass is 9.97. The van der Waals surface area contributed by atoms with Crippen LogP contribution in [-0.4, -0.2) is 59.9 Å². The molecule has 25 heavy (non-hydrogen) atoms. The smallest absolute Gasteiger partial charge is 0.270 e. The van der Waals surface area contributed by atoms with Crippen molar-refractivity contribution in [2.45, 2.75) is 32.1 Å². The molecule has 1 fully saturated rings. The maximum atomic E-state index is 12.3. The number of nitrogens with zero attached hydrogens (tertiary/aromatic N) is 4. The second-order valence-electron chi connectivity index (χ2n) is 6.48. The first-order valence-corrected chi connectivity index (χ1v) is 9.00. The van der Waals surface area contributed by atoms with Gasteiger partial charge in [-0.2, -0.15) is 0 Å². The molecule has 2 heterocycles. The van der Waals surface area contributed by atoms with Gasteiger partial charge in [-0.15, -0.1) is 0 Å². The van der Waals surface area contributed by atoms with Crippen LogP contribution in [0.5, 0.6) is 0 Å². The minimum absolute atomic E-state index is 0.161. The highest BCUT2D eigenvalue weighted by Gasteiger charge is 2.19. The molecule has 0 spiro atoms. The summed E-state index contributed by atoms with van der Waals surface area (Å²) in [5, 5.41) is 2.95. The summed E-state index contributed by atoms with van der Waals surface area (Å²) in [5.74, 6) is 0.389. The van der Waals surface area contributed by atoms with Crippen molar-refractivity contribution in [1.82, 2.24) is 20.2 Å². The van der Waals surface area contributed by atoms with Crippen molar-refractivity contribution in [3.63, 3.8) is 0 Å². The average Bonchev–Trinajstić information content (AvgIpc) is 2.69. The molecule has 2 amide bonds. The third-order valence-corrected chi connectivity index (χ3v) is 4.74. The predicted octanol–water partition coefficient (Wildman–Crippen LogP) is 1.38. The second kappa shape index (κ2) is 8.60. The zero-order valence-electron chi connectivity index (χ0n) is 14.5. The van der Waals surface area contributed by atoms with Gasteiger partial charge in [0.25, 0.3) is 5.91 Å². The molecule has 7 nitrogen and oxygen atoms in total. The number of carbonyl (C=O) groups excluding carboxylic acids is 2. The fourth-order valence-corrected chi connectivity index (χ4v) is 3.21. The Balaban J connectivity index is 1.52. The standard InChI is InChI=1S/C18H25N5O2/c24-14-22-10-12-23(13-11-22)18-20-9-7-16(21-18)17(25)19-8-6-15-4-2-1-3-5-15/h4,7,9,14H,1-3,5-6,8,10-13H2,(H,19,25). The molecule has 1 aromatic rings. The number of hydrogen-bond donors (Lipinski definition) is 1. The van der Waals surface area contributed by atoms with Gasteiger partial charge in [0.05, 0.1) is 0 Å². The monoisotopic (exact) mass is 343 g/mol. The van der Waals surface area contributed by atoms with Crippen LogP contribution in [0, 0.1) is 0 Å². The van der Waals surface area contributed by atoms with E-state index in [0.717, 1.165) is 25.7 Å². The van der Waals surface area contributed by atoms with Crippen molar-refractivity contribution in [3.05, 3.63) is 29.6 Å². The van der Waals surface area contributed by atoms with Crippen LogP contribution in [0.1, 0.15) is 42.6 Å². The Morgan fingerprint density at radius 3 is 2.80 bits per heavy atom. The molecule has 0 unspecified atom stereocenters. The molecule has 0 saturated carbocycles. The number of allylic oxidation sites excluding steroid dienone is 1. The Labute approximate surface area is 148 Å². The van der Waals surface area contributed by atoms with Gasteiger partial charge in [0.1, 0.15) is 5.69 Å². The van der Waals surface area contributed by atoms with Crippen molar-refractivity contribution in [1.29, 1.82) is 0 Å². The predicted molar refractivity (Wildman–Crippen MR) is 95.4 cm³/mol. The van der Waals surface area contributed by atoms with Crippen LogP contribution < -0.4 is 10.2 Å². The summed E-state index contributed by atoms with van der Waals surface area (Å²) in [5.41, 5.74) is 1.84. The van der Waals surface area contributed by atoms with E-state index in [4.69, 9.17) is 0 Å². The van der Waals surface area contributed by atoms with E-state index in [1.54, 1.807) is 17.2 Å². The molecule has 3 rings (SSSR count). The van der Waals surface area contributed by atoms with Crippen LogP contribution >= 0.6 is 0 Å². The van der Waals surface area contributed by atoms with Gasteiger partial charge in [-0.05, 0) is 38.2 Å². The number of piperazine rings is 1. The fourth-order valence-electron chi connectivity index (χ4n) is 3.21. The normalized spacial score (nSPS) is 17.8. The number of rotatable bonds is 6. The van der Waals surface area contributed by atoms with Gasteiger partial charge in [0.2, 0.25) is 12.4 Å². The Morgan fingerprint density at radius 2 is 2.08 bits per heavy atom. The zero-order valence-corrected chi connectivity index (χ0v) is 14.5. The molecule has 2 aliphatic rings. The van der Waals surface area contributed by atoms with Crippen molar-refractivity contribution in [2.75, 3.05) is 37.6 Å². The number of aromatic nitrogens is 2. The van der Waals surface area contributed by atoms with Crippen molar-refractivity contribution < 1.29 is 9.59 Å². The molecule has 0 aromatic carbocycles. The summed E-state index contributed by atoms with van der Waals surface area (Å²) in [6.45, 7) is 3.30. The minimum Gasteiger partial charge on any atom is -0.350 e. The Morgan fingerprint density at radius 1 is 1.24 bits per heavy atom. The summed E-state index contributed by atoms with van der Waals surface area (Å²) in [4.78, 5) is 35.5. The van der Waals surface area contributed by atoms with Crippen LogP contribution in [0.2, 0.25) is 0 Å². The molecule has 1 saturated heterocycles. The average molecular weight is 343 g/mol. The van der Waals surface area contributed by atoms with E-state index in [1.807, 2.05) is 4.90 Å². The summed E-state index contributed by atoms with van der Waals surface area (Å²) in [6.07, 6.45) is 10.6. The van der Waals surface area contributed by atoms with Crippen LogP contribution in [0.3, 0.4) is 0 Å². The largest absolute Gasteiger partial charge is 0.350 e. The Bertz CT molecular complexity index is 638. The van der Waals surface area contributed by atoms with Gasteiger partial charge < -0.3 is 15.1 Å². The lowest BCUT2D eigenvalue weighted by Crippen LogP contribution is -2.46. The summed E-state index contributed by atoms with van der Waals surface area (Å²) < 4.78 is 0. The van der Waals surface area contributed by atoms with Gasteiger partial charge in [0.15, 0.2) is 0 Å². The third kappa shape index (κ3) is 4.78. The van der Waals surface area contributed by atoms with Crippen molar-refractivity contribution >= 4 is 18.3 Å². The van der Waals surface area contributed by atoms with Crippen molar-refractivity contribution in [2.24, 2.45) is 0 Å². The van der Waals surface area contributed by atoms with Gasteiger partial charge in [0, 0.05) is 38.9 Å². The third-order valence-electron chi connectivity index (χ3n) is 4.74. The van der Waals surface area contributed by atoms with E-state index in [9.17, 15) is 9.59 Å². The van der Waals surface area contributed by atoms with E-state index < -0.39 is 0 Å². The highest BCUT2D eigenvalue weighted by Crippen LogP contribution is 2.19. The van der Waals surface area contributed by atoms with Crippen LogP contribution in [0.25, 0.3) is 0 Å². The van der Waals surface area contributed by atoms with Crippen LogP contribution in [0.15, 0.2) is 23.9 Å². The first-order valence-electron chi connectivity index (χ1n) is 9.00. The van der Waals surface area contributed by atoms with E-state index in [1.165, 1.54) is 18.4 Å². The highest BCUT2D eigenvalue weighted by molar-refractivity contribution is 5.92. The maximum Gasteiger partial charge on any atom is 0.270 e. The molecule has 1 N–H and O–H groups in total. The molecule has 0 radical (unpaired) electrons. The molecule has 0 atom stereocenters. The molecule has 7 heteroatoms. The lowest BCUT2D eigenvalue weighted by Gasteiger charge is -2.32. The van der Waals surface area contributed by atoms with Gasteiger partial charge in [-0.1, -0.05) is 11.6 Å². The molecule has 134 valence electrons. The highest BCUT2D eigenvalue weighted by atomic mass is 16.2. The lowest BCUT2D eigenvalue weighted by molar-refractivity contribution is -0.118. The van der Waals surface area contributed by atoms with E-state index >= 15 is 0 Å². The topological polar surface area (TPSA) is 78.4 Å². The molecule has 0 bridgehead atoms. The first-order chi connectivity index (χ1) is 12.3. The van der Waals surface area contributed by atoms with E-state index in [2.05, 4.69) is 21.4 Å². The molecule has 1 aliphatic carbocycles. The number of anilines is 1.